The summed E-state index contributed by atoms with van der Waals surface area (Å²) in [4.78, 5) is 14.5. The van der Waals surface area contributed by atoms with Crippen LogP contribution in [0.4, 0.5) is 5.82 Å². The van der Waals surface area contributed by atoms with E-state index < -0.39 is 0 Å². The maximum Gasteiger partial charge on any atom is 0.159 e. The second-order valence-corrected chi connectivity index (χ2v) is 2.03. The van der Waals surface area contributed by atoms with Gasteiger partial charge in [-0.3, -0.25) is 4.79 Å². The van der Waals surface area contributed by atoms with Gasteiger partial charge in [0.2, 0.25) is 0 Å². The van der Waals surface area contributed by atoms with Gasteiger partial charge < -0.3 is 5.73 Å². The van der Waals surface area contributed by atoms with Crippen LogP contribution in [0.15, 0.2) is 18.3 Å². The fourth-order valence-electron chi connectivity index (χ4n) is 0.667. The molecule has 0 saturated carbocycles. The average Bonchev–Trinajstić information content (AvgIpc) is 1.88. The lowest BCUT2D eigenvalue weighted by atomic mass is 10.2. The zero-order valence-corrected chi connectivity index (χ0v) is 6.89. The molecule has 0 bridgehead atoms. The maximum absolute atomic E-state index is 10.7. The first kappa shape index (κ1) is 9.91. The smallest absolute Gasteiger partial charge is 0.159 e. The van der Waals surface area contributed by atoms with E-state index in [-0.39, 0.29) is 18.2 Å². The molecule has 0 amide bonds. The van der Waals surface area contributed by atoms with Crippen LogP contribution in [0.25, 0.3) is 0 Å². The molecule has 0 spiro atoms. The van der Waals surface area contributed by atoms with Gasteiger partial charge in [-0.2, -0.15) is 0 Å². The highest BCUT2D eigenvalue weighted by Gasteiger charge is 1.97. The largest absolute Gasteiger partial charge is 0.384 e. The standard InChI is InChI=1S/C7H8N2O.ClH/c1-5(10)6-2-3-9-7(8)4-6;/h2-4H,1H3,(H2,8,9);1H. The third-order valence-corrected chi connectivity index (χ3v) is 1.19. The number of rotatable bonds is 1. The van der Waals surface area contributed by atoms with E-state index >= 15 is 0 Å². The van der Waals surface area contributed by atoms with Gasteiger partial charge >= 0.3 is 0 Å². The van der Waals surface area contributed by atoms with Gasteiger partial charge in [0.25, 0.3) is 0 Å². The molecule has 11 heavy (non-hydrogen) atoms. The van der Waals surface area contributed by atoms with Crippen LogP contribution in [0, 0.1) is 0 Å². The van der Waals surface area contributed by atoms with Gasteiger partial charge in [0.05, 0.1) is 0 Å². The summed E-state index contributed by atoms with van der Waals surface area (Å²) in [5.74, 6) is 0.391. The van der Waals surface area contributed by atoms with Gasteiger partial charge in [-0.25, -0.2) is 4.98 Å². The summed E-state index contributed by atoms with van der Waals surface area (Å²) in [5, 5.41) is 0. The quantitative estimate of drug-likeness (QED) is 0.650. The number of nitrogens with two attached hydrogens (primary N) is 1. The third kappa shape index (κ3) is 2.55. The van der Waals surface area contributed by atoms with Crippen molar-refractivity contribution in [2.75, 3.05) is 5.73 Å². The molecule has 0 fully saturated rings. The second kappa shape index (κ2) is 3.93. The lowest BCUT2D eigenvalue weighted by molar-refractivity contribution is 0.101. The summed E-state index contributed by atoms with van der Waals surface area (Å²) < 4.78 is 0. The van der Waals surface area contributed by atoms with Crippen molar-refractivity contribution in [3.63, 3.8) is 0 Å². The number of nitrogen functional groups attached to an aromatic ring is 1. The molecule has 4 heteroatoms. The fourth-order valence-corrected chi connectivity index (χ4v) is 0.667. The highest BCUT2D eigenvalue weighted by atomic mass is 35.5. The molecule has 1 aromatic heterocycles. The summed E-state index contributed by atoms with van der Waals surface area (Å²) in [6, 6.07) is 3.20. The van der Waals surface area contributed by atoms with Crippen molar-refractivity contribution in [2.24, 2.45) is 0 Å². The molecule has 0 unspecified atom stereocenters. The first-order chi connectivity index (χ1) is 4.70. The predicted octanol–water partition coefficient (Wildman–Crippen LogP) is 1.29. The molecule has 1 aromatic rings. The van der Waals surface area contributed by atoms with E-state index in [1.807, 2.05) is 0 Å². The SMILES string of the molecule is CC(=O)c1ccnc(N)c1.Cl. The van der Waals surface area contributed by atoms with Gasteiger partial charge in [-0.15, -0.1) is 12.4 Å². The third-order valence-electron chi connectivity index (χ3n) is 1.19. The van der Waals surface area contributed by atoms with Crippen molar-refractivity contribution < 1.29 is 4.79 Å². The fraction of sp³-hybridized carbons (Fsp3) is 0.143. The van der Waals surface area contributed by atoms with E-state index in [9.17, 15) is 4.79 Å². The molecule has 0 atom stereocenters. The van der Waals surface area contributed by atoms with Crippen LogP contribution < -0.4 is 5.73 Å². The van der Waals surface area contributed by atoms with Crippen molar-refractivity contribution in [3.8, 4) is 0 Å². The van der Waals surface area contributed by atoms with Crippen LogP contribution in [0.1, 0.15) is 17.3 Å². The molecule has 60 valence electrons. The average molecular weight is 173 g/mol. The lowest BCUT2D eigenvalue weighted by Gasteiger charge is -1.94. The van der Waals surface area contributed by atoms with Crippen molar-refractivity contribution in [2.45, 2.75) is 6.92 Å². The molecule has 0 aliphatic heterocycles. The maximum atomic E-state index is 10.7. The van der Waals surface area contributed by atoms with Gasteiger partial charge in [0.15, 0.2) is 5.78 Å². The Morgan fingerprint density at radius 1 is 1.64 bits per heavy atom. The van der Waals surface area contributed by atoms with Crippen molar-refractivity contribution >= 4 is 24.0 Å². The van der Waals surface area contributed by atoms with Crippen molar-refractivity contribution in [3.05, 3.63) is 23.9 Å². The number of hydrogen-bond acceptors (Lipinski definition) is 3. The topological polar surface area (TPSA) is 56.0 Å². The summed E-state index contributed by atoms with van der Waals surface area (Å²) in [7, 11) is 0. The van der Waals surface area contributed by atoms with Crippen LogP contribution in [0.2, 0.25) is 0 Å². The zero-order valence-electron chi connectivity index (χ0n) is 6.07. The first-order valence-corrected chi connectivity index (χ1v) is 2.92. The van der Waals surface area contributed by atoms with E-state index in [1.54, 1.807) is 12.1 Å². The number of ketones is 1. The van der Waals surface area contributed by atoms with Crippen LogP contribution >= 0.6 is 12.4 Å². The Kier molecular flexibility index (Phi) is 3.54. The molecular weight excluding hydrogens is 164 g/mol. The summed E-state index contributed by atoms with van der Waals surface area (Å²) in [5.41, 5.74) is 5.94. The van der Waals surface area contributed by atoms with Crippen LogP contribution in [0.3, 0.4) is 0 Å². The minimum atomic E-state index is 0. The highest BCUT2D eigenvalue weighted by molar-refractivity contribution is 5.94. The van der Waals surface area contributed by atoms with Gasteiger partial charge in [-0.05, 0) is 19.1 Å². The van der Waals surface area contributed by atoms with E-state index in [4.69, 9.17) is 5.73 Å². The monoisotopic (exact) mass is 172 g/mol. The number of Topliss-reactive ketones (excluding diaryl/α,β-unsaturated/α-hetero) is 1. The summed E-state index contributed by atoms with van der Waals surface area (Å²) in [6.45, 7) is 1.49. The second-order valence-electron chi connectivity index (χ2n) is 2.03. The minimum absolute atomic E-state index is 0. The van der Waals surface area contributed by atoms with Crippen molar-refractivity contribution in [1.82, 2.24) is 4.98 Å². The molecule has 0 aliphatic rings. The minimum Gasteiger partial charge on any atom is -0.384 e. The molecule has 1 rings (SSSR count). The molecule has 2 N–H and O–H groups in total. The predicted molar refractivity (Wildman–Crippen MR) is 45.9 cm³/mol. The Bertz CT molecular complexity index is 262. The van der Waals surface area contributed by atoms with Crippen LogP contribution in [0.5, 0.6) is 0 Å². The normalized spacial score (nSPS) is 8.45. The number of nitrogens with zero attached hydrogens (tertiary/aromatic N) is 1. The molecular formula is C7H9ClN2O. The Morgan fingerprint density at radius 2 is 2.27 bits per heavy atom. The molecule has 0 aromatic carbocycles. The number of anilines is 1. The van der Waals surface area contributed by atoms with Gasteiger partial charge in [0, 0.05) is 11.8 Å². The Balaban J connectivity index is 0.000001000. The molecule has 0 saturated heterocycles. The Morgan fingerprint density at radius 3 is 2.64 bits per heavy atom. The summed E-state index contributed by atoms with van der Waals surface area (Å²) in [6.07, 6.45) is 1.52. The molecule has 0 aliphatic carbocycles. The van der Waals surface area contributed by atoms with Crippen molar-refractivity contribution in [1.29, 1.82) is 0 Å². The van der Waals surface area contributed by atoms with E-state index in [2.05, 4.69) is 4.98 Å². The van der Waals surface area contributed by atoms with Gasteiger partial charge in [-0.1, -0.05) is 0 Å². The Labute approximate surface area is 71.0 Å². The number of aromatic nitrogens is 1. The first-order valence-electron chi connectivity index (χ1n) is 2.92. The number of carbonyl (C=O) groups is 1. The molecule has 0 radical (unpaired) electrons. The Hall–Kier alpha value is -1.09. The molecule has 1 heterocycles. The van der Waals surface area contributed by atoms with Crippen LogP contribution in [-0.2, 0) is 0 Å². The van der Waals surface area contributed by atoms with E-state index in [1.165, 1.54) is 13.1 Å². The van der Waals surface area contributed by atoms with E-state index in [0.717, 1.165) is 0 Å². The summed E-state index contributed by atoms with van der Waals surface area (Å²) >= 11 is 0. The molecule has 3 nitrogen and oxygen atoms in total. The number of pyridine rings is 1. The van der Waals surface area contributed by atoms with Gasteiger partial charge in [0.1, 0.15) is 5.82 Å². The van der Waals surface area contributed by atoms with Crippen LogP contribution in [-0.4, -0.2) is 10.8 Å². The number of hydrogen-bond donors (Lipinski definition) is 1. The number of carbonyl (C=O) groups excluding carboxylic acids is 1. The van der Waals surface area contributed by atoms with E-state index in [0.29, 0.717) is 11.4 Å². The number of halogens is 1. The highest BCUT2D eigenvalue weighted by Crippen LogP contribution is 2.02. The lowest BCUT2D eigenvalue weighted by Crippen LogP contribution is -1.95. The zero-order chi connectivity index (χ0) is 7.56.